The Kier molecular flexibility index (Phi) is 6.93. The standard InChI is InChI=1S/C13H22N2O2S/c1-3-15(10-12-6-5-7-18-12)13(16)8-11(9-14)17-4-2/h5-7,11H,3-4,8-10,14H2,1-2H3. The molecule has 102 valence electrons. The molecule has 2 N–H and O–H groups in total. The van der Waals surface area contributed by atoms with Crippen LogP contribution in [-0.2, 0) is 16.1 Å². The molecule has 0 fully saturated rings. The van der Waals surface area contributed by atoms with Gasteiger partial charge in [-0.25, -0.2) is 0 Å². The van der Waals surface area contributed by atoms with Gasteiger partial charge in [0.2, 0.25) is 5.91 Å². The molecule has 1 amide bonds. The SMILES string of the molecule is CCOC(CN)CC(=O)N(CC)Cc1cccs1. The molecule has 0 aliphatic rings. The minimum Gasteiger partial charge on any atom is -0.377 e. The normalized spacial score (nSPS) is 12.4. The van der Waals surface area contributed by atoms with E-state index < -0.39 is 0 Å². The molecule has 1 heterocycles. The lowest BCUT2D eigenvalue weighted by molar-refractivity contribution is -0.134. The number of nitrogens with zero attached hydrogens (tertiary/aromatic N) is 1. The summed E-state index contributed by atoms with van der Waals surface area (Å²) >= 11 is 1.67. The minimum atomic E-state index is -0.167. The van der Waals surface area contributed by atoms with Crippen LogP contribution >= 0.6 is 11.3 Å². The Morgan fingerprint density at radius 2 is 2.33 bits per heavy atom. The average molecular weight is 270 g/mol. The molecule has 0 aromatic carbocycles. The van der Waals surface area contributed by atoms with Gasteiger partial charge < -0.3 is 15.4 Å². The summed E-state index contributed by atoms with van der Waals surface area (Å²) in [6.45, 7) is 6.26. The molecule has 18 heavy (non-hydrogen) atoms. The number of ether oxygens (including phenoxy) is 1. The van der Waals surface area contributed by atoms with Gasteiger partial charge in [0.25, 0.3) is 0 Å². The van der Waals surface area contributed by atoms with Crippen LogP contribution in [0.2, 0.25) is 0 Å². The number of amides is 1. The zero-order chi connectivity index (χ0) is 13.4. The summed E-state index contributed by atoms with van der Waals surface area (Å²) in [6, 6.07) is 4.05. The molecule has 0 radical (unpaired) electrons. The number of nitrogens with two attached hydrogens (primary N) is 1. The van der Waals surface area contributed by atoms with Crippen LogP contribution in [0.4, 0.5) is 0 Å². The molecule has 1 rings (SSSR count). The van der Waals surface area contributed by atoms with Crippen molar-refractivity contribution in [1.82, 2.24) is 4.90 Å². The van der Waals surface area contributed by atoms with E-state index in [2.05, 4.69) is 0 Å². The Morgan fingerprint density at radius 1 is 1.56 bits per heavy atom. The van der Waals surface area contributed by atoms with Crippen molar-refractivity contribution >= 4 is 17.2 Å². The molecule has 1 atom stereocenters. The Bertz CT molecular complexity index is 341. The van der Waals surface area contributed by atoms with Crippen molar-refractivity contribution in [2.45, 2.75) is 32.9 Å². The van der Waals surface area contributed by atoms with Crippen molar-refractivity contribution in [3.8, 4) is 0 Å². The van der Waals surface area contributed by atoms with Crippen LogP contribution in [0.1, 0.15) is 25.1 Å². The van der Waals surface area contributed by atoms with Crippen LogP contribution in [-0.4, -0.2) is 36.6 Å². The van der Waals surface area contributed by atoms with E-state index in [9.17, 15) is 4.79 Å². The highest BCUT2D eigenvalue weighted by atomic mass is 32.1. The highest BCUT2D eigenvalue weighted by molar-refractivity contribution is 7.09. The van der Waals surface area contributed by atoms with Crippen LogP contribution in [0, 0.1) is 0 Å². The fourth-order valence-electron chi connectivity index (χ4n) is 1.74. The van der Waals surface area contributed by atoms with Crippen molar-refractivity contribution in [2.24, 2.45) is 5.73 Å². The summed E-state index contributed by atoms with van der Waals surface area (Å²) in [4.78, 5) is 15.2. The first kappa shape index (κ1) is 15.1. The van der Waals surface area contributed by atoms with E-state index in [1.54, 1.807) is 11.3 Å². The van der Waals surface area contributed by atoms with E-state index in [-0.39, 0.29) is 12.0 Å². The largest absolute Gasteiger partial charge is 0.377 e. The Hall–Kier alpha value is -0.910. The molecule has 4 nitrogen and oxygen atoms in total. The number of rotatable bonds is 8. The van der Waals surface area contributed by atoms with E-state index in [1.807, 2.05) is 36.3 Å². The Labute approximate surface area is 113 Å². The Morgan fingerprint density at radius 3 is 2.83 bits per heavy atom. The molecule has 0 bridgehead atoms. The van der Waals surface area contributed by atoms with Crippen molar-refractivity contribution in [3.63, 3.8) is 0 Å². The predicted octanol–water partition coefficient (Wildman–Crippen LogP) is 1.85. The number of hydrogen-bond acceptors (Lipinski definition) is 4. The van der Waals surface area contributed by atoms with Gasteiger partial charge in [0, 0.05) is 24.6 Å². The fraction of sp³-hybridized carbons (Fsp3) is 0.615. The first-order chi connectivity index (χ1) is 8.71. The minimum absolute atomic E-state index is 0.106. The summed E-state index contributed by atoms with van der Waals surface area (Å²) in [6.07, 6.45) is 0.198. The van der Waals surface area contributed by atoms with Crippen LogP contribution < -0.4 is 5.73 Å². The van der Waals surface area contributed by atoms with Gasteiger partial charge in [-0.3, -0.25) is 4.79 Å². The molecule has 0 spiro atoms. The van der Waals surface area contributed by atoms with Crippen LogP contribution in [0.3, 0.4) is 0 Å². The van der Waals surface area contributed by atoms with Gasteiger partial charge in [-0.15, -0.1) is 11.3 Å². The van der Waals surface area contributed by atoms with Gasteiger partial charge in [0.15, 0.2) is 0 Å². The second-order valence-corrected chi connectivity index (χ2v) is 5.04. The lowest BCUT2D eigenvalue weighted by Gasteiger charge is -2.23. The van der Waals surface area contributed by atoms with Gasteiger partial charge in [0.05, 0.1) is 19.1 Å². The lowest BCUT2D eigenvalue weighted by Crippen LogP contribution is -2.35. The third-order valence-electron chi connectivity index (χ3n) is 2.73. The van der Waals surface area contributed by atoms with E-state index in [1.165, 1.54) is 4.88 Å². The summed E-state index contributed by atoms with van der Waals surface area (Å²) in [5.41, 5.74) is 5.59. The molecule has 5 heteroatoms. The molecule has 0 saturated heterocycles. The zero-order valence-corrected chi connectivity index (χ0v) is 11.9. The first-order valence-corrected chi connectivity index (χ1v) is 7.21. The average Bonchev–Trinajstić information content (AvgIpc) is 2.88. The van der Waals surface area contributed by atoms with Crippen LogP contribution in [0.25, 0.3) is 0 Å². The molecule has 0 saturated carbocycles. The van der Waals surface area contributed by atoms with Crippen molar-refractivity contribution in [1.29, 1.82) is 0 Å². The van der Waals surface area contributed by atoms with Gasteiger partial charge in [-0.2, -0.15) is 0 Å². The van der Waals surface area contributed by atoms with E-state index in [0.29, 0.717) is 32.7 Å². The molecule has 0 aliphatic carbocycles. The smallest absolute Gasteiger partial charge is 0.225 e. The second-order valence-electron chi connectivity index (χ2n) is 4.00. The first-order valence-electron chi connectivity index (χ1n) is 6.33. The van der Waals surface area contributed by atoms with E-state index >= 15 is 0 Å². The van der Waals surface area contributed by atoms with E-state index in [0.717, 1.165) is 0 Å². The highest BCUT2D eigenvalue weighted by Crippen LogP contribution is 2.13. The Balaban J connectivity index is 2.51. The lowest BCUT2D eigenvalue weighted by atomic mass is 10.2. The van der Waals surface area contributed by atoms with Gasteiger partial charge in [-0.1, -0.05) is 6.07 Å². The topological polar surface area (TPSA) is 55.6 Å². The van der Waals surface area contributed by atoms with Gasteiger partial charge >= 0.3 is 0 Å². The third-order valence-corrected chi connectivity index (χ3v) is 3.59. The summed E-state index contributed by atoms with van der Waals surface area (Å²) in [5.74, 6) is 0.106. The summed E-state index contributed by atoms with van der Waals surface area (Å²) in [7, 11) is 0. The van der Waals surface area contributed by atoms with Crippen LogP contribution in [0.15, 0.2) is 17.5 Å². The predicted molar refractivity (Wildman–Crippen MR) is 74.5 cm³/mol. The molecule has 1 unspecified atom stereocenters. The summed E-state index contributed by atoms with van der Waals surface area (Å²) in [5, 5.41) is 2.02. The maximum absolute atomic E-state index is 12.1. The number of carbonyl (C=O) groups is 1. The number of hydrogen-bond donors (Lipinski definition) is 1. The maximum atomic E-state index is 12.1. The van der Waals surface area contributed by atoms with Crippen molar-refractivity contribution in [3.05, 3.63) is 22.4 Å². The second kappa shape index (κ2) is 8.24. The van der Waals surface area contributed by atoms with Crippen molar-refractivity contribution < 1.29 is 9.53 Å². The van der Waals surface area contributed by atoms with Gasteiger partial charge in [0.1, 0.15) is 0 Å². The monoisotopic (exact) mass is 270 g/mol. The molecular weight excluding hydrogens is 248 g/mol. The van der Waals surface area contributed by atoms with Gasteiger partial charge in [-0.05, 0) is 25.3 Å². The molecular formula is C13H22N2O2S. The quantitative estimate of drug-likeness (QED) is 0.784. The third kappa shape index (κ3) is 4.76. The fourth-order valence-corrected chi connectivity index (χ4v) is 2.46. The van der Waals surface area contributed by atoms with Crippen LogP contribution in [0.5, 0.6) is 0 Å². The highest BCUT2D eigenvalue weighted by Gasteiger charge is 2.18. The number of thiophene rings is 1. The molecule has 1 aromatic rings. The van der Waals surface area contributed by atoms with Crippen molar-refractivity contribution in [2.75, 3.05) is 19.7 Å². The van der Waals surface area contributed by atoms with E-state index in [4.69, 9.17) is 10.5 Å². The summed E-state index contributed by atoms with van der Waals surface area (Å²) < 4.78 is 5.42. The number of carbonyl (C=O) groups excluding carboxylic acids is 1. The molecule has 0 aliphatic heterocycles. The zero-order valence-electron chi connectivity index (χ0n) is 11.1. The maximum Gasteiger partial charge on any atom is 0.225 e. The molecule has 1 aromatic heterocycles.